The minimum Gasteiger partial charge on any atom is -0.488 e. The molecule has 0 heterocycles. The van der Waals surface area contributed by atoms with Gasteiger partial charge in [0.25, 0.3) is 0 Å². The van der Waals surface area contributed by atoms with Crippen molar-refractivity contribution in [3.63, 3.8) is 0 Å². The number of rotatable bonds is 9. The van der Waals surface area contributed by atoms with Crippen LogP contribution in [0, 0.1) is 0 Å². The monoisotopic (exact) mass is 454 g/mol. The molecule has 0 aromatic heterocycles. The third-order valence-corrected chi connectivity index (χ3v) is 5.66. The highest BCUT2D eigenvalue weighted by molar-refractivity contribution is 5.91. The Morgan fingerprint density at radius 3 is 1.15 bits per heavy atom. The van der Waals surface area contributed by atoms with E-state index in [1.165, 1.54) is 0 Å². The molecule has 0 saturated carbocycles. The van der Waals surface area contributed by atoms with Gasteiger partial charge in [-0.25, -0.2) is 0 Å². The molecule has 0 spiro atoms. The number of benzene rings is 4. The highest BCUT2D eigenvalue weighted by atomic mass is 16.5. The second-order valence-corrected chi connectivity index (χ2v) is 8.36. The van der Waals surface area contributed by atoms with Crippen LogP contribution in [0.2, 0.25) is 0 Å². The van der Waals surface area contributed by atoms with Gasteiger partial charge in [0.1, 0.15) is 23.7 Å². The van der Waals surface area contributed by atoms with Gasteiger partial charge in [-0.15, -0.1) is 0 Å². The van der Waals surface area contributed by atoms with Crippen LogP contribution in [0.4, 0.5) is 0 Å². The van der Waals surface area contributed by atoms with E-state index in [-0.39, 0.29) is 25.4 Å². The van der Waals surface area contributed by atoms with Gasteiger partial charge in [-0.05, 0) is 71.5 Å². The van der Waals surface area contributed by atoms with Crippen molar-refractivity contribution < 1.29 is 19.7 Å². The Kier molecular flexibility index (Phi) is 7.63. The molecule has 4 aromatic carbocycles. The van der Waals surface area contributed by atoms with Crippen LogP contribution in [0.15, 0.2) is 97.1 Å². The molecule has 2 N–H and O–H groups in total. The molecule has 0 bridgehead atoms. The molecule has 2 unspecified atom stereocenters. The van der Waals surface area contributed by atoms with Crippen LogP contribution in [-0.4, -0.2) is 35.6 Å². The summed E-state index contributed by atoms with van der Waals surface area (Å²) in [6.45, 7) is 3.64. The number of aliphatic hydroxyl groups is 2. The van der Waals surface area contributed by atoms with Crippen molar-refractivity contribution in [1.29, 1.82) is 0 Å². The average molecular weight is 455 g/mol. The van der Waals surface area contributed by atoms with Crippen LogP contribution < -0.4 is 9.47 Å². The summed E-state index contributed by atoms with van der Waals surface area (Å²) in [5.74, 6) is 1.47. The van der Waals surface area contributed by atoms with Gasteiger partial charge in [-0.1, -0.05) is 72.8 Å². The lowest BCUT2D eigenvalue weighted by atomic mass is 9.89. The Labute approximate surface area is 201 Å². The van der Waals surface area contributed by atoms with Crippen molar-refractivity contribution in [2.24, 2.45) is 0 Å². The maximum absolute atomic E-state index is 9.23. The molecule has 0 amide bonds. The van der Waals surface area contributed by atoms with E-state index in [9.17, 15) is 10.2 Å². The van der Waals surface area contributed by atoms with Gasteiger partial charge < -0.3 is 19.7 Å². The van der Waals surface area contributed by atoms with Gasteiger partial charge in [-0.2, -0.15) is 0 Å². The number of aliphatic hydroxyl groups excluding tert-OH is 2. The van der Waals surface area contributed by atoms with Crippen molar-refractivity contribution in [3.8, 4) is 44.9 Å². The molecule has 2 atom stereocenters. The highest BCUT2D eigenvalue weighted by Crippen LogP contribution is 2.38. The Bertz CT molecular complexity index is 1100. The molecule has 0 aliphatic rings. The third kappa shape index (κ3) is 5.48. The molecule has 0 radical (unpaired) electrons. The van der Waals surface area contributed by atoms with Crippen molar-refractivity contribution >= 4 is 0 Å². The van der Waals surface area contributed by atoms with E-state index < -0.39 is 0 Å². The van der Waals surface area contributed by atoms with Gasteiger partial charge >= 0.3 is 0 Å². The van der Waals surface area contributed by atoms with E-state index in [4.69, 9.17) is 9.47 Å². The summed E-state index contributed by atoms with van der Waals surface area (Å²) in [4.78, 5) is 0. The molecule has 4 aromatic rings. The molecule has 0 aliphatic carbocycles. The minimum absolute atomic E-state index is 0.0189. The van der Waals surface area contributed by atoms with Gasteiger partial charge in [0, 0.05) is 0 Å². The van der Waals surface area contributed by atoms with Crippen molar-refractivity contribution in [2.45, 2.75) is 26.1 Å². The van der Waals surface area contributed by atoms with Gasteiger partial charge in [0.05, 0.1) is 13.2 Å². The first-order valence-electron chi connectivity index (χ1n) is 11.5. The molecule has 0 aliphatic heterocycles. The van der Waals surface area contributed by atoms with Crippen molar-refractivity contribution in [1.82, 2.24) is 0 Å². The molecule has 0 fully saturated rings. The van der Waals surface area contributed by atoms with Gasteiger partial charge in [-0.3, -0.25) is 0 Å². The summed E-state index contributed by atoms with van der Waals surface area (Å²) in [6, 6.07) is 32.7. The lowest BCUT2D eigenvalue weighted by Crippen LogP contribution is -2.15. The Balaban J connectivity index is 1.68. The average Bonchev–Trinajstić information content (AvgIpc) is 2.89. The summed E-state index contributed by atoms with van der Waals surface area (Å²) in [7, 11) is 0. The zero-order valence-corrected chi connectivity index (χ0v) is 19.5. The normalized spacial score (nSPS) is 12.7. The molecular formula is C30H30O4. The van der Waals surface area contributed by atoms with Crippen LogP contribution in [0.1, 0.15) is 13.8 Å². The van der Waals surface area contributed by atoms with Crippen LogP contribution in [0.3, 0.4) is 0 Å². The molecule has 4 heteroatoms. The standard InChI is InChI=1S/C30H30O4/c1-21(19-31)33-25-15-11-23(12-16-25)27-7-3-5-9-29(27)30-10-6-4-8-28(30)24-13-17-26(18-14-24)34-22(2)20-32/h3-18,21-22,31-32H,19-20H2,1-2H3. The first-order chi connectivity index (χ1) is 16.6. The van der Waals surface area contributed by atoms with E-state index >= 15 is 0 Å². The summed E-state index contributed by atoms with van der Waals surface area (Å²) in [5.41, 5.74) is 6.74. The number of hydrogen-bond acceptors (Lipinski definition) is 4. The van der Waals surface area contributed by atoms with Crippen LogP contribution >= 0.6 is 0 Å². The first-order valence-corrected chi connectivity index (χ1v) is 11.5. The largest absolute Gasteiger partial charge is 0.488 e. The van der Waals surface area contributed by atoms with Crippen molar-refractivity contribution in [2.75, 3.05) is 13.2 Å². The first kappa shape index (κ1) is 23.6. The zero-order valence-electron chi connectivity index (χ0n) is 19.5. The molecule has 174 valence electrons. The van der Waals surface area contributed by atoms with Crippen LogP contribution in [0.25, 0.3) is 33.4 Å². The maximum atomic E-state index is 9.23. The number of hydrogen-bond donors (Lipinski definition) is 2. The van der Waals surface area contributed by atoms with Gasteiger partial charge in [0.15, 0.2) is 0 Å². The Morgan fingerprint density at radius 1 is 0.500 bits per heavy atom. The van der Waals surface area contributed by atoms with Crippen LogP contribution in [-0.2, 0) is 0 Å². The summed E-state index contributed by atoms with van der Waals surface area (Å²) in [5, 5.41) is 18.5. The topological polar surface area (TPSA) is 58.9 Å². The van der Waals surface area contributed by atoms with E-state index in [1.807, 2.05) is 50.2 Å². The van der Waals surface area contributed by atoms with Crippen molar-refractivity contribution in [3.05, 3.63) is 97.1 Å². The summed E-state index contributed by atoms with van der Waals surface area (Å²) >= 11 is 0. The predicted molar refractivity (Wildman–Crippen MR) is 137 cm³/mol. The summed E-state index contributed by atoms with van der Waals surface area (Å²) in [6.07, 6.45) is -0.484. The summed E-state index contributed by atoms with van der Waals surface area (Å²) < 4.78 is 11.4. The maximum Gasteiger partial charge on any atom is 0.119 e. The lowest BCUT2D eigenvalue weighted by molar-refractivity contribution is 0.130. The molecule has 0 saturated heterocycles. The van der Waals surface area contributed by atoms with E-state index in [2.05, 4.69) is 60.7 Å². The second-order valence-electron chi connectivity index (χ2n) is 8.36. The molecule has 4 nitrogen and oxygen atoms in total. The highest BCUT2D eigenvalue weighted by Gasteiger charge is 2.13. The fraction of sp³-hybridized carbons (Fsp3) is 0.200. The molecule has 34 heavy (non-hydrogen) atoms. The molecular weight excluding hydrogens is 424 g/mol. The zero-order chi connectivity index (χ0) is 23.9. The van der Waals surface area contributed by atoms with Gasteiger partial charge in [0.2, 0.25) is 0 Å². The Hall–Kier alpha value is -3.60. The smallest absolute Gasteiger partial charge is 0.119 e. The fourth-order valence-corrected chi connectivity index (χ4v) is 3.90. The number of ether oxygens (including phenoxy) is 2. The molecule has 4 rings (SSSR count). The van der Waals surface area contributed by atoms with E-state index in [1.54, 1.807) is 0 Å². The fourth-order valence-electron chi connectivity index (χ4n) is 3.90. The minimum atomic E-state index is -0.242. The van der Waals surface area contributed by atoms with E-state index in [0.29, 0.717) is 0 Å². The SMILES string of the molecule is CC(CO)Oc1ccc(-c2ccccc2-c2ccccc2-c2ccc(OC(C)CO)cc2)cc1. The van der Waals surface area contributed by atoms with Crippen LogP contribution in [0.5, 0.6) is 11.5 Å². The van der Waals surface area contributed by atoms with E-state index in [0.717, 1.165) is 44.9 Å². The Morgan fingerprint density at radius 2 is 0.824 bits per heavy atom. The third-order valence-electron chi connectivity index (χ3n) is 5.66. The predicted octanol–water partition coefficient (Wildman–Crippen LogP) is 6.21. The second kappa shape index (κ2) is 11.0. The quantitative estimate of drug-likeness (QED) is 0.316. The lowest BCUT2D eigenvalue weighted by Gasteiger charge is -2.16.